The largest absolute Gasteiger partial charge is 0.325 e. The molecule has 4 nitrogen and oxygen atoms in total. The van der Waals surface area contributed by atoms with Gasteiger partial charge in [-0.05, 0) is 19.4 Å². The number of aromatic amines is 1. The van der Waals surface area contributed by atoms with Gasteiger partial charge in [-0.15, -0.1) is 0 Å². The molecule has 0 bridgehead atoms. The van der Waals surface area contributed by atoms with Crippen molar-refractivity contribution in [1.82, 2.24) is 4.98 Å². The van der Waals surface area contributed by atoms with E-state index in [1.807, 2.05) is 0 Å². The van der Waals surface area contributed by atoms with Gasteiger partial charge < -0.3 is 4.98 Å². The number of nitrogens with zero attached hydrogens (tertiary/aromatic N) is 1. The standard InChI is InChI=1S/C13H16N2O2/c1-3-4-5-6-12(16)11-7-10(8-14)13(17)15-9(11)2/h7H,3-6H2,1-2H3,(H,15,17). The van der Waals surface area contributed by atoms with Gasteiger partial charge in [0.05, 0.1) is 0 Å². The van der Waals surface area contributed by atoms with Crippen molar-refractivity contribution in [3.63, 3.8) is 0 Å². The van der Waals surface area contributed by atoms with Crippen LogP contribution in [0.25, 0.3) is 0 Å². The Hall–Kier alpha value is -1.89. The van der Waals surface area contributed by atoms with E-state index in [2.05, 4.69) is 11.9 Å². The quantitative estimate of drug-likeness (QED) is 0.625. The van der Waals surface area contributed by atoms with Gasteiger partial charge in [0.1, 0.15) is 11.6 Å². The fourth-order valence-corrected chi connectivity index (χ4v) is 1.67. The van der Waals surface area contributed by atoms with E-state index >= 15 is 0 Å². The Morgan fingerprint density at radius 3 is 2.76 bits per heavy atom. The maximum absolute atomic E-state index is 11.9. The topological polar surface area (TPSA) is 73.7 Å². The first-order chi connectivity index (χ1) is 8.10. The van der Waals surface area contributed by atoms with Gasteiger partial charge in [-0.25, -0.2) is 0 Å². The smallest absolute Gasteiger partial charge is 0.266 e. The number of ketones is 1. The highest BCUT2D eigenvalue weighted by Gasteiger charge is 2.12. The third-order valence-electron chi connectivity index (χ3n) is 2.67. The lowest BCUT2D eigenvalue weighted by Gasteiger charge is -2.04. The van der Waals surface area contributed by atoms with Crippen molar-refractivity contribution in [3.8, 4) is 6.07 Å². The van der Waals surface area contributed by atoms with E-state index in [1.165, 1.54) is 6.07 Å². The molecule has 90 valence electrons. The number of H-pyrrole nitrogens is 1. The monoisotopic (exact) mass is 232 g/mol. The number of aryl methyl sites for hydroxylation is 1. The Balaban J connectivity index is 2.94. The van der Waals surface area contributed by atoms with E-state index in [1.54, 1.807) is 13.0 Å². The summed E-state index contributed by atoms with van der Waals surface area (Å²) in [7, 11) is 0. The molecule has 1 aromatic heterocycles. The molecule has 0 saturated heterocycles. The van der Waals surface area contributed by atoms with Crippen molar-refractivity contribution in [1.29, 1.82) is 5.26 Å². The SMILES string of the molecule is CCCCCC(=O)c1cc(C#N)c(=O)[nH]c1C. The second kappa shape index (κ2) is 6.00. The normalized spacial score (nSPS) is 9.94. The zero-order chi connectivity index (χ0) is 12.8. The first kappa shape index (κ1) is 13.2. The number of nitrogens with one attached hydrogen (secondary N) is 1. The van der Waals surface area contributed by atoms with Crippen LogP contribution in [0.3, 0.4) is 0 Å². The fraction of sp³-hybridized carbons (Fsp3) is 0.462. The molecule has 0 unspecified atom stereocenters. The van der Waals surface area contributed by atoms with E-state index in [0.29, 0.717) is 17.7 Å². The Kier molecular flexibility index (Phi) is 4.65. The Morgan fingerprint density at radius 1 is 1.47 bits per heavy atom. The second-order valence-corrected chi connectivity index (χ2v) is 4.04. The predicted molar refractivity (Wildman–Crippen MR) is 65.0 cm³/mol. The van der Waals surface area contributed by atoms with Crippen molar-refractivity contribution in [2.45, 2.75) is 39.5 Å². The summed E-state index contributed by atoms with van der Waals surface area (Å²) in [6, 6.07) is 3.18. The minimum absolute atomic E-state index is 0.00515. The van der Waals surface area contributed by atoms with Gasteiger partial charge in [0.2, 0.25) is 0 Å². The number of hydrogen-bond donors (Lipinski definition) is 1. The summed E-state index contributed by atoms with van der Waals surface area (Å²) in [5.41, 5.74) is 0.553. The third kappa shape index (κ3) is 3.28. The van der Waals surface area contributed by atoms with Crippen LogP contribution < -0.4 is 5.56 Å². The Labute approximate surface area is 100 Å². The number of Topliss-reactive ketones (excluding diaryl/α,β-unsaturated/α-hetero) is 1. The van der Waals surface area contributed by atoms with Crippen molar-refractivity contribution in [2.24, 2.45) is 0 Å². The summed E-state index contributed by atoms with van der Waals surface area (Å²) in [5.74, 6) is -0.0105. The van der Waals surface area contributed by atoms with Crippen LogP contribution in [0.4, 0.5) is 0 Å². The van der Waals surface area contributed by atoms with E-state index in [0.717, 1.165) is 19.3 Å². The van der Waals surface area contributed by atoms with Crippen LogP contribution in [-0.4, -0.2) is 10.8 Å². The average molecular weight is 232 g/mol. The van der Waals surface area contributed by atoms with E-state index in [-0.39, 0.29) is 11.3 Å². The molecule has 0 saturated carbocycles. The zero-order valence-electron chi connectivity index (χ0n) is 10.2. The van der Waals surface area contributed by atoms with Crippen molar-refractivity contribution in [2.75, 3.05) is 0 Å². The number of carbonyl (C=O) groups is 1. The van der Waals surface area contributed by atoms with Crippen molar-refractivity contribution in [3.05, 3.63) is 33.2 Å². The van der Waals surface area contributed by atoms with Gasteiger partial charge in [-0.2, -0.15) is 5.26 Å². The zero-order valence-corrected chi connectivity index (χ0v) is 10.2. The highest BCUT2D eigenvalue weighted by atomic mass is 16.1. The van der Waals surface area contributed by atoms with Gasteiger partial charge >= 0.3 is 0 Å². The molecule has 1 heterocycles. The van der Waals surface area contributed by atoms with Crippen molar-refractivity contribution >= 4 is 5.78 Å². The summed E-state index contributed by atoms with van der Waals surface area (Å²) in [6.45, 7) is 3.75. The van der Waals surface area contributed by atoms with Gasteiger partial charge in [-0.3, -0.25) is 9.59 Å². The fourth-order valence-electron chi connectivity index (χ4n) is 1.67. The predicted octanol–water partition coefficient (Wildman–Crippen LogP) is 2.32. The number of unbranched alkanes of at least 4 members (excludes halogenated alkanes) is 2. The molecule has 0 aliphatic rings. The average Bonchev–Trinajstić information content (AvgIpc) is 2.29. The van der Waals surface area contributed by atoms with Crippen LogP contribution in [0.5, 0.6) is 0 Å². The number of nitriles is 1. The molecule has 0 aliphatic carbocycles. The highest BCUT2D eigenvalue weighted by molar-refractivity contribution is 5.97. The van der Waals surface area contributed by atoms with E-state index in [4.69, 9.17) is 5.26 Å². The first-order valence-corrected chi connectivity index (χ1v) is 5.77. The molecule has 0 radical (unpaired) electrons. The molecule has 0 aliphatic heterocycles. The van der Waals surface area contributed by atoms with E-state index in [9.17, 15) is 9.59 Å². The number of aromatic nitrogens is 1. The molecular weight excluding hydrogens is 216 g/mol. The molecule has 1 aromatic rings. The summed E-state index contributed by atoms with van der Waals surface area (Å²) in [4.78, 5) is 25.7. The van der Waals surface area contributed by atoms with Gasteiger partial charge in [0.15, 0.2) is 5.78 Å². The molecule has 17 heavy (non-hydrogen) atoms. The van der Waals surface area contributed by atoms with Crippen molar-refractivity contribution < 1.29 is 4.79 Å². The molecule has 0 atom stereocenters. The summed E-state index contributed by atoms with van der Waals surface area (Å²) >= 11 is 0. The molecule has 0 amide bonds. The molecular formula is C13H16N2O2. The molecule has 0 fully saturated rings. The Bertz CT molecular complexity index is 509. The number of rotatable bonds is 5. The van der Waals surface area contributed by atoms with Crippen LogP contribution in [-0.2, 0) is 0 Å². The maximum atomic E-state index is 11.9. The number of pyridine rings is 1. The lowest BCUT2D eigenvalue weighted by atomic mass is 10.0. The lowest BCUT2D eigenvalue weighted by Crippen LogP contribution is -2.15. The lowest BCUT2D eigenvalue weighted by molar-refractivity contribution is 0.0978. The number of hydrogen-bond acceptors (Lipinski definition) is 3. The minimum Gasteiger partial charge on any atom is -0.325 e. The van der Waals surface area contributed by atoms with Crippen LogP contribution in [0, 0.1) is 18.3 Å². The summed E-state index contributed by atoms with van der Waals surface area (Å²) in [5, 5.41) is 8.75. The Morgan fingerprint density at radius 2 is 2.18 bits per heavy atom. The first-order valence-electron chi connectivity index (χ1n) is 5.77. The van der Waals surface area contributed by atoms with Gasteiger partial charge in [0, 0.05) is 17.7 Å². The molecule has 1 rings (SSSR count). The molecule has 0 aromatic carbocycles. The van der Waals surface area contributed by atoms with Crippen LogP contribution in [0.1, 0.15) is 54.2 Å². The third-order valence-corrected chi connectivity index (χ3v) is 2.67. The van der Waals surface area contributed by atoms with Gasteiger partial charge in [-0.1, -0.05) is 19.8 Å². The maximum Gasteiger partial charge on any atom is 0.266 e. The second-order valence-electron chi connectivity index (χ2n) is 4.04. The van der Waals surface area contributed by atoms with E-state index < -0.39 is 5.56 Å². The molecule has 0 spiro atoms. The molecule has 1 N–H and O–H groups in total. The van der Waals surface area contributed by atoms with Crippen LogP contribution in [0.2, 0.25) is 0 Å². The van der Waals surface area contributed by atoms with Crippen LogP contribution in [0.15, 0.2) is 10.9 Å². The summed E-state index contributed by atoms with van der Waals surface area (Å²) in [6.07, 6.45) is 3.38. The summed E-state index contributed by atoms with van der Waals surface area (Å²) < 4.78 is 0. The minimum atomic E-state index is -0.435. The number of carbonyl (C=O) groups excluding carboxylic acids is 1. The highest BCUT2D eigenvalue weighted by Crippen LogP contribution is 2.11. The molecule has 4 heteroatoms. The van der Waals surface area contributed by atoms with Crippen LogP contribution >= 0.6 is 0 Å². The van der Waals surface area contributed by atoms with Gasteiger partial charge in [0.25, 0.3) is 5.56 Å².